The van der Waals surface area contributed by atoms with Crippen LogP contribution >= 0.6 is 0 Å². The Morgan fingerprint density at radius 1 is 1.06 bits per heavy atom. The Balaban J connectivity index is 1.27. The van der Waals surface area contributed by atoms with Gasteiger partial charge in [-0.1, -0.05) is 30.7 Å². The van der Waals surface area contributed by atoms with Crippen LogP contribution in [0.25, 0.3) is 10.8 Å². The van der Waals surface area contributed by atoms with Gasteiger partial charge in [0.05, 0.1) is 13.0 Å². The van der Waals surface area contributed by atoms with Crippen LogP contribution in [-0.2, 0) is 4.79 Å². The number of likely N-dealkylation sites (tertiary alicyclic amines) is 1. The lowest BCUT2D eigenvalue weighted by Crippen LogP contribution is -2.49. The number of fused-ring (bicyclic) bond motifs is 3. The highest BCUT2D eigenvalue weighted by Crippen LogP contribution is 2.49. The van der Waals surface area contributed by atoms with Crippen LogP contribution in [0.3, 0.4) is 0 Å². The second-order valence-corrected chi connectivity index (χ2v) is 10.1. The molecule has 32 heavy (non-hydrogen) atoms. The van der Waals surface area contributed by atoms with Gasteiger partial charge in [-0.3, -0.25) is 9.59 Å². The lowest BCUT2D eigenvalue weighted by atomic mass is 9.83. The first-order chi connectivity index (χ1) is 15.5. The van der Waals surface area contributed by atoms with Crippen molar-refractivity contribution in [3.63, 3.8) is 0 Å². The topological polar surface area (TPSA) is 58.6 Å². The summed E-state index contributed by atoms with van der Waals surface area (Å²) in [7, 11) is 1.65. The molecule has 5 atom stereocenters. The number of benzene rings is 2. The Morgan fingerprint density at radius 2 is 1.88 bits per heavy atom. The summed E-state index contributed by atoms with van der Waals surface area (Å²) in [6.45, 7) is 3.37. The molecule has 2 aromatic carbocycles. The number of nitrogens with one attached hydrogen (secondary N) is 1. The monoisotopic (exact) mass is 434 g/mol. The molecule has 2 saturated carbocycles. The van der Waals surface area contributed by atoms with Crippen molar-refractivity contribution in [2.75, 3.05) is 20.2 Å². The average Bonchev–Trinajstić information content (AvgIpc) is 3.47. The van der Waals surface area contributed by atoms with E-state index in [4.69, 9.17) is 4.74 Å². The lowest BCUT2D eigenvalue weighted by Gasteiger charge is -2.34. The summed E-state index contributed by atoms with van der Waals surface area (Å²) in [6, 6.07) is 11.8. The third-order valence-electron chi connectivity index (χ3n) is 8.22. The zero-order valence-electron chi connectivity index (χ0n) is 19.2. The SMILES string of the molecule is COc1ccc(C(=O)N2CCCC(C(=O)NC(C)C3CC4CCC3C4)C2)c2ccccc12. The van der Waals surface area contributed by atoms with Crippen LogP contribution in [0, 0.1) is 23.7 Å². The number of ether oxygens (including phenoxy) is 1. The number of methoxy groups -OCH3 is 1. The molecule has 0 spiro atoms. The van der Waals surface area contributed by atoms with Gasteiger partial charge in [0.2, 0.25) is 5.91 Å². The molecule has 2 bridgehead atoms. The molecule has 1 aliphatic heterocycles. The van der Waals surface area contributed by atoms with Crippen molar-refractivity contribution in [2.45, 2.75) is 51.5 Å². The van der Waals surface area contributed by atoms with Crippen molar-refractivity contribution in [3.05, 3.63) is 42.0 Å². The number of hydrogen-bond donors (Lipinski definition) is 1. The zero-order chi connectivity index (χ0) is 22.2. The van der Waals surface area contributed by atoms with Crippen molar-refractivity contribution in [2.24, 2.45) is 23.7 Å². The Morgan fingerprint density at radius 3 is 2.59 bits per heavy atom. The summed E-state index contributed by atoms with van der Waals surface area (Å²) in [5.41, 5.74) is 0.679. The summed E-state index contributed by atoms with van der Waals surface area (Å²) in [4.78, 5) is 28.4. The molecule has 5 rings (SSSR count). The fourth-order valence-electron chi connectivity index (χ4n) is 6.54. The fraction of sp³-hybridized carbons (Fsp3) is 0.556. The van der Waals surface area contributed by atoms with E-state index in [9.17, 15) is 9.59 Å². The highest BCUT2D eigenvalue weighted by Gasteiger charge is 2.42. The highest BCUT2D eigenvalue weighted by molar-refractivity contribution is 6.08. The van der Waals surface area contributed by atoms with Gasteiger partial charge >= 0.3 is 0 Å². The number of piperidine rings is 1. The van der Waals surface area contributed by atoms with E-state index < -0.39 is 0 Å². The predicted octanol–water partition coefficient (Wildman–Crippen LogP) is 4.64. The quantitative estimate of drug-likeness (QED) is 0.746. The first kappa shape index (κ1) is 21.3. The van der Waals surface area contributed by atoms with Gasteiger partial charge < -0.3 is 15.0 Å². The molecule has 3 fully saturated rings. The van der Waals surface area contributed by atoms with Crippen LogP contribution in [0.5, 0.6) is 5.75 Å². The summed E-state index contributed by atoms with van der Waals surface area (Å²) >= 11 is 0. The van der Waals surface area contributed by atoms with E-state index in [0.29, 0.717) is 24.6 Å². The predicted molar refractivity (Wildman–Crippen MR) is 126 cm³/mol. The van der Waals surface area contributed by atoms with Gasteiger partial charge in [0.25, 0.3) is 5.91 Å². The minimum Gasteiger partial charge on any atom is -0.496 e. The molecular formula is C27H34N2O3. The van der Waals surface area contributed by atoms with Crippen molar-refractivity contribution in [1.29, 1.82) is 0 Å². The maximum atomic E-state index is 13.5. The molecule has 2 amide bonds. The molecule has 2 aromatic rings. The van der Waals surface area contributed by atoms with E-state index in [0.717, 1.165) is 41.2 Å². The van der Waals surface area contributed by atoms with Gasteiger partial charge in [0, 0.05) is 30.1 Å². The van der Waals surface area contributed by atoms with E-state index in [1.807, 2.05) is 41.3 Å². The molecular weight excluding hydrogens is 400 g/mol. The van der Waals surface area contributed by atoms with Crippen LogP contribution in [0.15, 0.2) is 36.4 Å². The zero-order valence-corrected chi connectivity index (χ0v) is 19.2. The number of nitrogens with zero attached hydrogens (tertiary/aromatic N) is 1. The molecule has 5 nitrogen and oxygen atoms in total. The normalized spacial score (nSPS) is 28.0. The molecule has 5 heteroatoms. The number of rotatable bonds is 5. The molecule has 5 unspecified atom stereocenters. The second kappa shape index (κ2) is 8.76. The van der Waals surface area contributed by atoms with Crippen LogP contribution in [0.2, 0.25) is 0 Å². The average molecular weight is 435 g/mol. The van der Waals surface area contributed by atoms with Crippen LogP contribution in [0.1, 0.15) is 55.8 Å². The second-order valence-electron chi connectivity index (χ2n) is 10.1. The smallest absolute Gasteiger partial charge is 0.254 e. The minimum absolute atomic E-state index is 0.00232. The van der Waals surface area contributed by atoms with Crippen LogP contribution in [-0.4, -0.2) is 43.0 Å². The van der Waals surface area contributed by atoms with Gasteiger partial charge in [0.1, 0.15) is 5.75 Å². The molecule has 3 aliphatic rings. The first-order valence-electron chi connectivity index (χ1n) is 12.2. The van der Waals surface area contributed by atoms with Gasteiger partial charge in [0.15, 0.2) is 0 Å². The standard InChI is InChI=1S/C27H34N2O3/c1-17(24-15-18-9-10-19(24)14-18)28-26(30)20-6-5-13-29(16-20)27(31)23-11-12-25(32-2)22-8-4-3-7-21(22)23/h3-4,7-8,11-12,17-20,24H,5-6,9-10,13-16H2,1-2H3,(H,28,30). The lowest BCUT2D eigenvalue weighted by molar-refractivity contribution is -0.127. The van der Waals surface area contributed by atoms with Gasteiger partial charge in [-0.25, -0.2) is 0 Å². The number of hydrogen-bond acceptors (Lipinski definition) is 3. The van der Waals surface area contributed by atoms with E-state index in [2.05, 4.69) is 12.2 Å². The van der Waals surface area contributed by atoms with Gasteiger partial charge in [-0.2, -0.15) is 0 Å². The maximum Gasteiger partial charge on any atom is 0.254 e. The van der Waals surface area contributed by atoms with E-state index in [1.165, 1.54) is 25.7 Å². The Hall–Kier alpha value is -2.56. The Bertz CT molecular complexity index is 1020. The minimum atomic E-state index is -0.127. The maximum absolute atomic E-state index is 13.5. The molecule has 0 aromatic heterocycles. The van der Waals surface area contributed by atoms with E-state index >= 15 is 0 Å². The summed E-state index contributed by atoms with van der Waals surface area (Å²) in [5, 5.41) is 5.16. The molecule has 1 heterocycles. The van der Waals surface area contributed by atoms with Crippen molar-refractivity contribution >= 4 is 22.6 Å². The van der Waals surface area contributed by atoms with Crippen molar-refractivity contribution < 1.29 is 14.3 Å². The Labute approximate surface area is 190 Å². The molecule has 1 N–H and O–H groups in total. The fourth-order valence-corrected chi connectivity index (χ4v) is 6.54. The summed E-state index contributed by atoms with van der Waals surface area (Å²) in [6.07, 6.45) is 7.04. The van der Waals surface area contributed by atoms with Crippen LogP contribution in [0.4, 0.5) is 0 Å². The van der Waals surface area contributed by atoms with Crippen molar-refractivity contribution in [1.82, 2.24) is 10.2 Å². The highest BCUT2D eigenvalue weighted by atomic mass is 16.5. The van der Waals surface area contributed by atoms with Gasteiger partial charge in [-0.05, 0) is 74.3 Å². The largest absolute Gasteiger partial charge is 0.496 e. The summed E-state index contributed by atoms with van der Waals surface area (Å²) in [5.74, 6) is 3.07. The molecule has 0 radical (unpaired) electrons. The number of carbonyl (C=O) groups excluding carboxylic acids is 2. The number of amides is 2. The third kappa shape index (κ3) is 3.87. The molecule has 170 valence electrons. The van der Waals surface area contributed by atoms with Crippen molar-refractivity contribution in [3.8, 4) is 5.75 Å². The van der Waals surface area contributed by atoms with Gasteiger partial charge in [-0.15, -0.1) is 0 Å². The Kier molecular flexibility index (Phi) is 5.83. The van der Waals surface area contributed by atoms with E-state index in [1.54, 1.807) is 7.11 Å². The molecule has 2 aliphatic carbocycles. The number of carbonyl (C=O) groups is 2. The van der Waals surface area contributed by atoms with E-state index in [-0.39, 0.29) is 23.8 Å². The molecule has 1 saturated heterocycles. The first-order valence-corrected chi connectivity index (χ1v) is 12.2. The summed E-state index contributed by atoms with van der Waals surface area (Å²) < 4.78 is 5.48. The van der Waals surface area contributed by atoms with Crippen LogP contribution < -0.4 is 10.1 Å². The third-order valence-corrected chi connectivity index (χ3v) is 8.22.